The van der Waals surface area contributed by atoms with E-state index in [0.717, 1.165) is 5.76 Å². The van der Waals surface area contributed by atoms with E-state index in [1.807, 2.05) is 6.92 Å². The van der Waals surface area contributed by atoms with Crippen molar-refractivity contribution in [3.8, 4) is 0 Å². The minimum atomic E-state index is -3.67. The molecule has 2 rings (SSSR count). The average molecular weight is 296 g/mol. The van der Waals surface area contributed by atoms with Gasteiger partial charge in [-0.1, -0.05) is 6.92 Å². The van der Waals surface area contributed by atoms with Crippen molar-refractivity contribution in [1.29, 1.82) is 0 Å². The summed E-state index contributed by atoms with van der Waals surface area (Å²) in [6, 6.07) is 1.59. The minimum Gasteiger partial charge on any atom is -0.444 e. The first-order valence-electron chi connectivity index (χ1n) is 6.12. The molecular formula is C12H16N4O3S. The summed E-state index contributed by atoms with van der Waals surface area (Å²) in [5.74, 6) is 1.05. The zero-order valence-electron chi connectivity index (χ0n) is 11.3. The quantitative estimate of drug-likeness (QED) is 0.830. The van der Waals surface area contributed by atoms with Crippen molar-refractivity contribution in [2.24, 2.45) is 0 Å². The Hall–Kier alpha value is -1.93. The van der Waals surface area contributed by atoms with E-state index in [4.69, 9.17) is 4.42 Å². The van der Waals surface area contributed by atoms with E-state index in [0.29, 0.717) is 18.0 Å². The van der Waals surface area contributed by atoms with Gasteiger partial charge in [-0.15, -0.1) is 0 Å². The molecule has 0 saturated carbocycles. The molecule has 0 fully saturated rings. The number of nitrogens with zero attached hydrogens (tertiary/aromatic N) is 2. The van der Waals surface area contributed by atoms with E-state index >= 15 is 0 Å². The Morgan fingerprint density at radius 2 is 2.15 bits per heavy atom. The van der Waals surface area contributed by atoms with Crippen LogP contribution in [0.1, 0.15) is 18.6 Å². The SMILES string of the molecule is CCc1cnc(CNS(=O)(=O)c2cnccc2NC)o1. The maximum absolute atomic E-state index is 12.2. The molecule has 20 heavy (non-hydrogen) atoms. The van der Waals surface area contributed by atoms with Gasteiger partial charge >= 0.3 is 0 Å². The highest BCUT2D eigenvalue weighted by atomic mass is 32.2. The Morgan fingerprint density at radius 1 is 1.35 bits per heavy atom. The Balaban J connectivity index is 2.15. The van der Waals surface area contributed by atoms with Crippen LogP contribution in [-0.4, -0.2) is 25.4 Å². The fraction of sp³-hybridized carbons (Fsp3) is 0.333. The van der Waals surface area contributed by atoms with Crippen LogP contribution >= 0.6 is 0 Å². The highest BCUT2D eigenvalue weighted by Crippen LogP contribution is 2.18. The molecule has 0 bridgehead atoms. The molecule has 2 heterocycles. The number of aromatic nitrogens is 2. The predicted octanol–water partition coefficient (Wildman–Crippen LogP) is 1.15. The predicted molar refractivity (Wildman–Crippen MR) is 73.7 cm³/mol. The molecule has 8 heteroatoms. The van der Waals surface area contributed by atoms with Gasteiger partial charge in [0.2, 0.25) is 15.9 Å². The summed E-state index contributed by atoms with van der Waals surface area (Å²) in [5, 5.41) is 2.81. The van der Waals surface area contributed by atoms with Crippen molar-refractivity contribution in [3.63, 3.8) is 0 Å². The zero-order valence-corrected chi connectivity index (χ0v) is 12.1. The molecule has 0 saturated heterocycles. The van der Waals surface area contributed by atoms with E-state index in [9.17, 15) is 8.42 Å². The highest BCUT2D eigenvalue weighted by molar-refractivity contribution is 7.89. The van der Waals surface area contributed by atoms with Crippen LogP contribution in [0.25, 0.3) is 0 Å². The Bertz CT molecular complexity index is 682. The standard InChI is InChI=1S/C12H16N4O3S/c1-3-9-6-15-12(19-9)8-16-20(17,18)11-7-14-5-4-10(11)13-2/h4-7,16H,3,8H2,1-2H3,(H,13,14). The smallest absolute Gasteiger partial charge is 0.244 e. The van der Waals surface area contributed by atoms with E-state index in [-0.39, 0.29) is 11.4 Å². The lowest BCUT2D eigenvalue weighted by Crippen LogP contribution is -2.24. The summed E-state index contributed by atoms with van der Waals surface area (Å²) < 4.78 is 32.2. The van der Waals surface area contributed by atoms with Gasteiger partial charge in [-0.3, -0.25) is 4.98 Å². The van der Waals surface area contributed by atoms with Gasteiger partial charge in [-0.2, -0.15) is 0 Å². The lowest BCUT2D eigenvalue weighted by Gasteiger charge is -2.09. The van der Waals surface area contributed by atoms with Crippen LogP contribution in [0.2, 0.25) is 0 Å². The minimum absolute atomic E-state index is 0.000379. The van der Waals surface area contributed by atoms with E-state index in [1.54, 1.807) is 19.3 Å². The summed E-state index contributed by atoms with van der Waals surface area (Å²) in [4.78, 5) is 7.92. The Kier molecular flexibility index (Phi) is 4.35. The van der Waals surface area contributed by atoms with Gasteiger partial charge in [0, 0.05) is 25.9 Å². The van der Waals surface area contributed by atoms with Crippen LogP contribution in [0.4, 0.5) is 5.69 Å². The molecule has 0 aliphatic rings. The maximum Gasteiger partial charge on any atom is 0.244 e. The third-order valence-electron chi connectivity index (χ3n) is 2.71. The molecule has 0 atom stereocenters. The normalized spacial score (nSPS) is 11.5. The third kappa shape index (κ3) is 3.14. The van der Waals surface area contributed by atoms with Crippen LogP contribution < -0.4 is 10.0 Å². The van der Waals surface area contributed by atoms with Crippen molar-refractivity contribution in [2.75, 3.05) is 12.4 Å². The molecule has 0 aliphatic carbocycles. The van der Waals surface area contributed by atoms with Gasteiger partial charge in [-0.05, 0) is 6.07 Å². The molecule has 0 spiro atoms. The van der Waals surface area contributed by atoms with Crippen LogP contribution in [0.3, 0.4) is 0 Å². The molecule has 2 aromatic rings. The molecule has 0 aliphatic heterocycles. The average Bonchev–Trinajstić information content (AvgIpc) is 2.93. The first kappa shape index (κ1) is 14.5. The first-order chi connectivity index (χ1) is 9.56. The summed E-state index contributed by atoms with van der Waals surface area (Å²) in [5.41, 5.74) is 0.481. The summed E-state index contributed by atoms with van der Waals surface area (Å²) in [7, 11) is -2.02. The largest absolute Gasteiger partial charge is 0.444 e. The number of aryl methyl sites for hydroxylation is 1. The van der Waals surface area contributed by atoms with Crippen LogP contribution in [0.15, 0.2) is 34.0 Å². The number of pyridine rings is 1. The maximum atomic E-state index is 12.2. The first-order valence-corrected chi connectivity index (χ1v) is 7.60. The van der Waals surface area contributed by atoms with Crippen molar-refractivity contribution >= 4 is 15.7 Å². The second-order valence-electron chi connectivity index (χ2n) is 4.02. The second-order valence-corrected chi connectivity index (χ2v) is 5.76. The molecule has 2 aromatic heterocycles. The lowest BCUT2D eigenvalue weighted by atomic mass is 10.4. The summed E-state index contributed by atoms with van der Waals surface area (Å²) in [6.07, 6.45) is 5.12. The van der Waals surface area contributed by atoms with Gasteiger partial charge in [0.1, 0.15) is 10.7 Å². The van der Waals surface area contributed by atoms with Crippen LogP contribution in [0, 0.1) is 0 Å². The number of nitrogens with one attached hydrogen (secondary N) is 2. The fourth-order valence-corrected chi connectivity index (χ4v) is 2.76. The molecule has 0 aromatic carbocycles. The molecule has 7 nitrogen and oxygen atoms in total. The van der Waals surface area contributed by atoms with E-state index in [1.165, 1.54) is 12.4 Å². The number of anilines is 1. The molecule has 108 valence electrons. The fourth-order valence-electron chi connectivity index (χ4n) is 1.63. The number of hydrogen-bond donors (Lipinski definition) is 2. The van der Waals surface area contributed by atoms with Crippen molar-refractivity contribution < 1.29 is 12.8 Å². The number of sulfonamides is 1. The van der Waals surface area contributed by atoms with Crippen molar-refractivity contribution in [1.82, 2.24) is 14.7 Å². The van der Waals surface area contributed by atoms with Crippen LogP contribution in [-0.2, 0) is 23.0 Å². The molecular weight excluding hydrogens is 280 g/mol. The molecule has 0 radical (unpaired) electrons. The monoisotopic (exact) mass is 296 g/mol. The summed E-state index contributed by atoms with van der Waals surface area (Å²) >= 11 is 0. The highest BCUT2D eigenvalue weighted by Gasteiger charge is 2.19. The van der Waals surface area contributed by atoms with Gasteiger partial charge in [0.05, 0.1) is 18.4 Å². The topological polar surface area (TPSA) is 97.1 Å². The molecule has 0 unspecified atom stereocenters. The van der Waals surface area contributed by atoms with E-state index < -0.39 is 10.0 Å². The van der Waals surface area contributed by atoms with Crippen molar-refractivity contribution in [2.45, 2.75) is 24.8 Å². The van der Waals surface area contributed by atoms with Gasteiger partial charge in [0.25, 0.3) is 0 Å². The molecule has 2 N–H and O–H groups in total. The zero-order chi connectivity index (χ0) is 14.6. The number of hydrogen-bond acceptors (Lipinski definition) is 6. The Morgan fingerprint density at radius 3 is 2.80 bits per heavy atom. The second kappa shape index (κ2) is 6.02. The van der Waals surface area contributed by atoms with Crippen molar-refractivity contribution in [3.05, 3.63) is 36.3 Å². The van der Waals surface area contributed by atoms with Gasteiger partial charge in [0.15, 0.2) is 0 Å². The third-order valence-corrected chi connectivity index (χ3v) is 4.14. The Labute approximate surface area is 117 Å². The van der Waals surface area contributed by atoms with E-state index in [2.05, 4.69) is 20.0 Å². The number of rotatable bonds is 6. The van der Waals surface area contributed by atoms with Crippen LogP contribution in [0.5, 0.6) is 0 Å². The van der Waals surface area contributed by atoms with Gasteiger partial charge in [-0.25, -0.2) is 18.1 Å². The van der Waals surface area contributed by atoms with Gasteiger partial charge < -0.3 is 9.73 Å². The molecule has 0 amide bonds. The summed E-state index contributed by atoms with van der Waals surface area (Å²) in [6.45, 7) is 1.93. The lowest BCUT2D eigenvalue weighted by molar-refractivity contribution is 0.452. The number of oxazole rings is 1.